The molecule has 2 aromatic heterocycles. The number of nitrogens with zero attached hydrogens (tertiary/aromatic N) is 4. The van der Waals surface area contributed by atoms with Crippen molar-refractivity contribution in [3.63, 3.8) is 0 Å². The highest BCUT2D eigenvalue weighted by molar-refractivity contribution is 7.92. The molecule has 1 unspecified atom stereocenters. The van der Waals surface area contributed by atoms with Gasteiger partial charge in [0.05, 0.1) is 35.7 Å². The van der Waals surface area contributed by atoms with Gasteiger partial charge in [-0.2, -0.15) is 4.98 Å². The largest absolute Gasteiger partial charge is 0.488 e. The summed E-state index contributed by atoms with van der Waals surface area (Å²) in [6.45, 7) is 17.0. The highest BCUT2D eigenvalue weighted by Gasteiger charge is 2.30. The quantitative estimate of drug-likeness (QED) is 0.195. The van der Waals surface area contributed by atoms with Gasteiger partial charge >= 0.3 is 0 Å². The number of aryl methyl sites for hydroxylation is 1. The fourth-order valence-electron chi connectivity index (χ4n) is 6.37. The monoisotopic (exact) mass is 657 g/mol. The zero-order chi connectivity index (χ0) is 33.9. The lowest BCUT2D eigenvalue weighted by Gasteiger charge is -2.30. The Morgan fingerprint density at radius 1 is 0.957 bits per heavy atom. The van der Waals surface area contributed by atoms with Gasteiger partial charge in [0, 0.05) is 23.5 Å². The Labute approximate surface area is 279 Å². The Hall–Kier alpha value is -4.05. The molecule has 9 nitrogen and oxygen atoms in total. The molecule has 3 heterocycles. The van der Waals surface area contributed by atoms with E-state index in [4.69, 9.17) is 14.5 Å². The van der Waals surface area contributed by atoms with Crippen molar-refractivity contribution in [2.24, 2.45) is 17.8 Å². The lowest BCUT2D eigenvalue weighted by molar-refractivity contribution is 0.192. The van der Waals surface area contributed by atoms with Gasteiger partial charge in [-0.3, -0.25) is 0 Å². The Morgan fingerprint density at radius 3 is 2.36 bits per heavy atom. The molecule has 1 aliphatic rings. The summed E-state index contributed by atoms with van der Waals surface area (Å²) >= 11 is 0. The van der Waals surface area contributed by atoms with Gasteiger partial charge in [0.25, 0.3) is 10.0 Å². The third-order valence-corrected chi connectivity index (χ3v) is 9.71. The highest BCUT2D eigenvalue weighted by atomic mass is 32.2. The van der Waals surface area contributed by atoms with E-state index >= 15 is 0 Å². The van der Waals surface area contributed by atoms with Gasteiger partial charge in [0.2, 0.25) is 11.8 Å². The van der Waals surface area contributed by atoms with Crippen molar-refractivity contribution in [3.05, 3.63) is 82.9 Å². The number of benzene rings is 2. The maximum atomic E-state index is 13.9. The van der Waals surface area contributed by atoms with Crippen molar-refractivity contribution >= 4 is 16.0 Å². The fourth-order valence-corrected chi connectivity index (χ4v) is 7.37. The first-order valence-electron chi connectivity index (χ1n) is 16.5. The molecule has 2 atom stereocenters. The zero-order valence-electron chi connectivity index (χ0n) is 28.7. The maximum Gasteiger partial charge on any atom is 0.264 e. The Balaban J connectivity index is 1.64. The number of anilines is 1. The lowest BCUT2D eigenvalue weighted by Crippen LogP contribution is -2.26. The van der Waals surface area contributed by atoms with E-state index in [-0.39, 0.29) is 28.8 Å². The fraction of sp³-hybridized carbons (Fsp3) is 0.459. The maximum absolute atomic E-state index is 13.9. The van der Waals surface area contributed by atoms with Crippen LogP contribution in [0.1, 0.15) is 82.0 Å². The predicted octanol–water partition coefficient (Wildman–Crippen LogP) is 7.72. The first kappa shape index (κ1) is 34.3. The molecule has 4 aromatic rings. The summed E-state index contributed by atoms with van der Waals surface area (Å²) in [4.78, 5) is 18.9. The molecule has 47 heavy (non-hydrogen) atoms. The number of aromatic nitrogens is 4. The van der Waals surface area contributed by atoms with Crippen LogP contribution in [0.25, 0.3) is 11.3 Å². The number of hydrogen-bond acceptors (Lipinski definition) is 8. The number of sulfonamides is 1. The van der Waals surface area contributed by atoms with E-state index in [0.717, 1.165) is 40.7 Å². The van der Waals surface area contributed by atoms with Crippen LogP contribution in [0.5, 0.6) is 11.6 Å². The van der Waals surface area contributed by atoms with Gasteiger partial charge in [-0.25, -0.2) is 28.1 Å². The van der Waals surface area contributed by atoms with Crippen molar-refractivity contribution in [3.8, 4) is 22.9 Å². The summed E-state index contributed by atoms with van der Waals surface area (Å²) < 4.78 is 42.8. The van der Waals surface area contributed by atoms with E-state index in [1.807, 2.05) is 26.8 Å². The van der Waals surface area contributed by atoms with E-state index in [2.05, 4.69) is 72.5 Å². The van der Waals surface area contributed by atoms with Gasteiger partial charge in [0.15, 0.2) is 5.75 Å². The summed E-state index contributed by atoms with van der Waals surface area (Å²) in [5.41, 5.74) is 5.51. The van der Waals surface area contributed by atoms with E-state index in [0.29, 0.717) is 48.0 Å². The van der Waals surface area contributed by atoms with Crippen LogP contribution in [-0.2, 0) is 22.9 Å². The number of fused-ring (bicyclic) bond motifs is 4. The molecule has 250 valence electrons. The molecule has 10 heteroatoms. The summed E-state index contributed by atoms with van der Waals surface area (Å²) in [5, 5.41) is 0. The molecule has 0 fully saturated rings. The van der Waals surface area contributed by atoms with Crippen molar-refractivity contribution in [1.29, 1.82) is 0 Å². The first-order chi connectivity index (χ1) is 22.3. The first-order valence-corrected chi connectivity index (χ1v) is 18.0. The SMILES string of the molecule is Cc1cccc(CC(C)C)c1-c1nc2nc(c1C)OC[C@@H](CC(C)C)C(Cc1ncc(OC(C)C)cn1)c1cccc(c1)S(=O)(=O)N2. The molecule has 1 aliphatic heterocycles. The van der Waals surface area contributed by atoms with E-state index in [1.165, 1.54) is 0 Å². The van der Waals surface area contributed by atoms with Crippen LogP contribution in [0.4, 0.5) is 5.95 Å². The summed E-state index contributed by atoms with van der Waals surface area (Å²) in [6.07, 6.45) is 5.61. The molecule has 0 spiro atoms. The number of nitrogens with one attached hydrogen (secondary N) is 1. The minimum atomic E-state index is -4.03. The van der Waals surface area contributed by atoms with Gasteiger partial charge < -0.3 is 9.47 Å². The van der Waals surface area contributed by atoms with E-state index < -0.39 is 10.0 Å². The Bertz CT molecular complexity index is 1810. The standard InChI is InChI=1S/C37H47N5O4S/c1-22(2)15-28-13-9-11-25(7)34(28)35-26(8)36-41-37(40-35)42-47(43,44)31-14-10-12-27(17-31)32(29(21-45-36)16-23(3)4)18-33-38-19-30(20-39-33)46-24(5)6/h9-14,17,19-20,22-24,29,32H,15-16,18,21H2,1-8H3,(H,40,41,42)/t29-,32?/m1/s1. The highest BCUT2D eigenvalue weighted by Crippen LogP contribution is 2.38. The second-order valence-corrected chi connectivity index (χ2v) is 15.4. The minimum Gasteiger partial charge on any atom is -0.488 e. The zero-order valence-corrected chi connectivity index (χ0v) is 29.6. The lowest BCUT2D eigenvalue weighted by atomic mass is 9.79. The molecular weight excluding hydrogens is 611 g/mol. The van der Waals surface area contributed by atoms with Crippen LogP contribution in [0.3, 0.4) is 0 Å². The average molecular weight is 658 g/mol. The van der Waals surface area contributed by atoms with Crippen LogP contribution >= 0.6 is 0 Å². The van der Waals surface area contributed by atoms with E-state index in [1.54, 1.807) is 30.6 Å². The van der Waals surface area contributed by atoms with Gasteiger partial charge in [-0.15, -0.1) is 0 Å². The number of hydrogen-bond donors (Lipinski definition) is 1. The molecular formula is C37H47N5O4S. The Morgan fingerprint density at radius 2 is 1.68 bits per heavy atom. The second-order valence-electron chi connectivity index (χ2n) is 13.7. The van der Waals surface area contributed by atoms with Gasteiger partial charge in [0.1, 0.15) is 5.82 Å². The third-order valence-electron chi connectivity index (χ3n) is 8.38. The van der Waals surface area contributed by atoms with E-state index in [9.17, 15) is 8.42 Å². The third kappa shape index (κ3) is 8.27. The van der Waals surface area contributed by atoms with Crippen molar-refractivity contribution < 1.29 is 17.9 Å². The molecule has 0 saturated heterocycles. The summed E-state index contributed by atoms with van der Waals surface area (Å²) in [5.74, 6) is 2.28. The molecule has 0 saturated carbocycles. The molecule has 0 radical (unpaired) electrons. The van der Waals surface area contributed by atoms with Crippen LogP contribution in [-0.4, -0.2) is 41.1 Å². The van der Waals surface area contributed by atoms with Gasteiger partial charge in [-0.1, -0.05) is 58.0 Å². The normalized spacial score (nSPS) is 17.5. The molecule has 2 aromatic carbocycles. The predicted molar refractivity (Wildman–Crippen MR) is 185 cm³/mol. The van der Waals surface area contributed by atoms with Crippen LogP contribution in [0.15, 0.2) is 59.8 Å². The summed E-state index contributed by atoms with van der Waals surface area (Å²) in [6, 6.07) is 13.3. The molecule has 1 N–H and O–H groups in total. The van der Waals surface area contributed by atoms with Crippen LogP contribution in [0, 0.1) is 31.6 Å². The summed E-state index contributed by atoms with van der Waals surface area (Å²) in [7, 11) is -4.03. The topological polar surface area (TPSA) is 116 Å². The molecule has 4 bridgehead atoms. The average Bonchev–Trinajstić information content (AvgIpc) is 2.99. The molecule has 0 aliphatic carbocycles. The van der Waals surface area contributed by atoms with Crippen molar-refractivity contribution in [1.82, 2.24) is 19.9 Å². The number of rotatable bonds is 9. The smallest absolute Gasteiger partial charge is 0.264 e. The number of ether oxygens (including phenoxy) is 2. The van der Waals surface area contributed by atoms with Crippen LogP contribution < -0.4 is 14.2 Å². The molecule has 0 amide bonds. The van der Waals surface area contributed by atoms with Crippen LogP contribution in [0.2, 0.25) is 0 Å². The second kappa shape index (κ2) is 14.4. The molecule has 5 rings (SSSR count). The van der Waals surface area contributed by atoms with Gasteiger partial charge in [-0.05, 0) is 87.1 Å². The Kier molecular flexibility index (Phi) is 10.5. The minimum absolute atomic E-state index is 0.00626. The van der Waals surface area contributed by atoms with Crippen molar-refractivity contribution in [2.45, 2.75) is 91.6 Å². The van der Waals surface area contributed by atoms with Crippen molar-refractivity contribution in [2.75, 3.05) is 11.3 Å².